The van der Waals surface area contributed by atoms with E-state index in [2.05, 4.69) is 16.0 Å². The molecule has 0 aliphatic rings. The van der Waals surface area contributed by atoms with E-state index in [1.807, 2.05) is 44.2 Å². The van der Waals surface area contributed by atoms with E-state index in [4.69, 9.17) is 23.2 Å². The fourth-order valence-corrected chi connectivity index (χ4v) is 5.47. The van der Waals surface area contributed by atoms with Crippen molar-refractivity contribution in [3.05, 3.63) is 129 Å². The summed E-state index contributed by atoms with van der Waals surface area (Å²) in [5, 5.41) is 8.97. The van der Waals surface area contributed by atoms with Gasteiger partial charge in [-0.1, -0.05) is 72.6 Å². The van der Waals surface area contributed by atoms with Crippen molar-refractivity contribution in [2.24, 2.45) is 0 Å². The number of hydrogen-bond donors (Lipinski definition) is 3. The normalized spacial score (nSPS) is 11.9. The lowest BCUT2D eigenvalue weighted by Crippen LogP contribution is -2.30. The Morgan fingerprint density at radius 1 is 0.833 bits per heavy atom. The first-order chi connectivity index (χ1) is 20.2. The lowest BCUT2D eigenvalue weighted by molar-refractivity contribution is -0.116. The van der Waals surface area contributed by atoms with Crippen molar-refractivity contribution in [2.45, 2.75) is 30.4 Å². The van der Waals surface area contributed by atoms with Gasteiger partial charge in [-0.05, 0) is 85.1 Å². The maximum Gasteiger partial charge on any atom is 0.272 e. The van der Waals surface area contributed by atoms with Crippen molar-refractivity contribution in [3.63, 3.8) is 0 Å². The number of amides is 3. The predicted octanol–water partition coefficient (Wildman–Crippen LogP) is 8.22. The lowest BCUT2D eigenvalue weighted by Gasteiger charge is -2.16. The van der Waals surface area contributed by atoms with Gasteiger partial charge in [-0.25, -0.2) is 0 Å². The van der Waals surface area contributed by atoms with E-state index in [-0.39, 0.29) is 16.9 Å². The number of rotatable bonds is 10. The fraction of sp³-hybridized carbons (Fsp3) is 0.121. The van der Waals surface area contributed by atoms with Crippen molar-refractivity contribution in [2.75, 3.05) is 10.6 Å². The maximum absolute atomic E-state index is 13.5. The molecular formula is C33H29Cl2N3O3S. The Balaban J connectivity index is 1.52. The Labute approximate surface area is 259 Å². The maximum atomic E-state index is 13.5. The largest absolute Gasteiger partial charge is 0.325 e. The highest BCUT2D eigenvalue weighted by molar-refractivity contribution is 8.00. The molecule has 0 spiro atoms. The van der Waals surface area contributed by atoms with Crippen LogP contribution in [0, 0.1) is 6.92 Å². The molecule has 0 aromatic heterocycles. The topological polar surface area (TPSA) is 87.3 Å². The molecular weight excluding hydrogens is 589 g/mol. The molecule has 0 saturated carbocycles. The fourth-order valence-electron chi connectivity index (χ4n) is 3.99. The van der Waals surface area contributed by atoms with E-state index in [1.54, 1.807) is 66.7 Å². The quantitative estimate of drug-likeness (QED) is 0.124. The molecule has 4 rings (SSSR count). The minimum atomic E-state index is -0.545. The SMILES string of the molecule is CCC(Sc1cccc(NC(=O)/C(=C\c2ccc(Cl)cc2Cl)NC(=O)c2ccccc2)c1)C(=O)Nc1cccc(C)c1. The number of hydrogen-bond acceptors (Lipinski definition) is 4. The second kappa shape index (κ2) is 14.7. The van der Waals surface area contributed by atoms with E-state index in [0.717, 1.165) is 16.1 Å². The first-order valence-electron chi connectivity index (χ1n) is 13.2. The Hall–Kier alpha value is -4.04. The summed E-state index contributed by atoms with van der Waals surface area (Å²) in [6, 6.07) is 28.3. The van der Waals surface area contributed by atoms with Gasteiger partial charge in [0.15, 0.2) is 0 Å². The molecule has 3 amide bonds. The van der Waals surface area contributed by atoms with Gasteiger partial charge in [-0.3, -0.25) is 14.4 Å². The van der Waals surface area contributed by atoms with Crippen molar-refractivity contribution >= 4 is 70.1 Å². The number of thioether (sulfide) groups is 1. The predicted molar refractivity (Wildman–Crippen MR) is 173 cm³/mol. The molecule has 0 aliphatic carbocycles. The number of carbonyl (C=O) groups is 3. The summed E-state index contributed by atoms with van der Waals surface area (Å²) in [7, 11) is 0. The van der Waals surface area contributed by atoms with Gasteiger partial charge in [0.05, 0.1) is 5.25 Å². The molecule has 0 bridgehead atoms. The molecule has 42 heavy (non-hydrogen) atoms. The highest BCUT2D eigenvalue weighted by Crippen LogP contribution is 2.29. The zero-order valence-corrected chi connectivity index (χ0v) is 25.3. The van der Waals surface area contributed by atoms with E-state index in [9.17, 15) is 14.4 Å². The lowest BCUT2D eigenvalue weighted by atomic mass is 10.1. The molecule has 1 unspecified atom stereocenters. The van der Waals surface area contributed by atoms with Crippen LogP contribution in [-0.2, 0) is 9.59 Å². The van der Waals surface area contributed by atoms with E-state index >= 15 is 0 Å². The molecule has 214 valence electrons. The number of aryl methyl sites for hydroxylation is 1. The molecule has 0 fully saturated rings. The van der Waals surface area contributed by atoms with Gasteiger partial charge in [0.1, 0.15) is 5.70 Å². The average molecular weight is 619 g/mol. The molecule has 1 atom stereocenters. The highest BCUT2D eigenvalue weighted by Gasteiger charge is 2.20. The van der Waals surface area contributed by atoms with Crippen LogP contribution in [0.1, 0.15) is 34.8 Å². The minimum absolute atomic E-state index is 0.00454. The van der Waals surface area contributed by atoms with Crippen LogP contribution in [0.2, 0.25) is 10.0 Å². The van der Waals surface area contributed by atoms with E-state index < -0.39 is 11.8 Å². The summed E-state index contributed by atoms with van der Waals surface area (Å²) in [6.45, 7) is 3.92. The standard InChI is InChI=1S/C33H29Cl2N3O3S/c1-3-30(33(41)37-25-12-7-9-21(2)17-25)42-27-14-8-13-26(20-27)36-32(40)29(18-23-15-16-24(34)19-28(23)35)38-31(39)22-10-5-4-6-11-22/h4-20,30H,3H2,1-2H3,(H,36,40)(H,37,41)(H,38,39)/b29-18+. The summed E-state index contributed by atoms with van der Waals surface area (Å²) in [6.07, 6.45) is 2.11. The summed E-state index contributed by atoms with van der Waals surface area (Å²) in [5.74, 6) is -1.09. The Kier molecular flexibility index (Phi) is 10.8. The van der Waals surface area contributed by atoms with Crippen molar-refractivity contribution in [1.82, 2.24) is 5.32 Å². The van der Waals surface area contributed by atoms with Gasteiger partial charge >= 0.3 is 0 Å². The number of benzene rings is 4. The van der Waals surface area contributed by atoms with Gasteiger partial charge in [-0.15, -0.1) is 11.8 Å². The summed E-state index contributed by atoms with van der Waals surface area (Å²) < 4.78 is 0. The minimum Gasteiger partial charge on any atom is -0.325 e. The van der Waals surface area contributed by atoms with Crippen molar-refractivity contribution < 1.29 is 14.4 Å². The van der Waals surface area contributed by atoms with Crippen LogP contribution in [0.4, 0.5) is 11.4 Å². The summed E-state index contributed by atoms with van der Waals surface area (Å²) >= 11 is 13.8. The van der Waals surface area contributed by atoms with Gasteiger partial charge in [0, 0.05) is 31.9 Å². The number of halogens is 2. The number of anilines is 2. The molecule has 6 nitrogen and oxygen atoms in total. The second-order valence-corrected chi connectivity index (χ2v) is 11.5. The van der Waals surface area contributed by atoms with E-state index in [1.165, 1.54) is 17.8 Å². The zero-order valence-electron chi connectivity index (χ0n) is 23.0. The molecule has 0 heterocycles. The van der Waals surface area contributed by atoms with Gasteiger partial charge < -0.3 is 16.0 Å². The number of carbonyl (C=O) groups excluding carboxylic acids is 3. The summed E-state index contributed by atoms with van der Waals surface area (Å²) in [5.41, 5.74) is 3.21. The first kappa shape index (κ1) is 30.9. The van der Waals surface area contributed by atoms with Crippen LogP contribution in [-0.4, -0.2) is 23.0 Å². The highest BCUT2D eigenvalue weighted by atomic mass is 35.5. The van der Waals surface area contributed by atoms with Crippen LogP contribution in [0.3, 0.4) is 0 Å². The first-order valence-corrected chi connectivity index (χ1v) is 14.8. The number of nitrogens with one attached hydrogen (secondary N) is 3. The van der Waals surface area contributed by atoms with E-state index in [0.29, 0.717) is 33.3 Å². The van der Waals surface area contributed by atoms with Crippen LogP contribution in [0.15, 0.2) is 108 Å². The molecule has 4 aromatic carbocycles. The molecule has 4 aromatic rings. The monoisotopic (exact) mass is 617 g/mol. The van der Waals surface area contributed by atoms with Gasteiger partial charge in [0.25, 0.3) is 11.8 Å². The molecule has 0 saturated heterocycles. The van der Waals surface area contributed by atoms with Crippen LogP contribution in [0.25, 0.3) is 6.08 Å². The zero-order chi connectivity index (χ0) is 30.1. The third kappa shape index (κ3) is 8.73. The second-order valence-electron chi connectivity index (χ2n) is 9.40. The Morgan fingerprint density at radius 2 is 1.55 bits per heavy atom. The summed E-state index contributed by atoms with van der Waals surface area (Å²) in [4.78, 5) is 40.2. The third-order valence-electron chi connectivity index (χ3n) is 6.11. The molecule has 3 N–H and O–H groups in total. The van der Waals surface area contributed by atoms with Gasteiger partial charge in [0.2, 0.25) is 5.91 Å². The van der Waals surface area contributed by atoms with Crippen LogP contribution in [0.5, 0.6) is 0 Å². The third-order valence-corrected chi connectivity index (χ3v) is 8.03. The van der Waals surface area contributed by atoms with Gasteiger partial charge in [-0.2, -0.15) is 0 Å². The molecule has 0 aliphatic heterocycles. The van der Waals surface area contributed by atoms with Crippen molar-refractivity contribution in [1.29, 1.82) is 0 Å². The van der Waals surface area contributed by atoms with Crippen LogP contribution < -0.4 is 16.0 Å². The van der Waals surface area contributed by atoms with Crippen molar-refractivity contribution in [3.8, 4) is 0 Å². The average Bonchev–Trinajstić information content (AvgIpc) is 2.97. The molecule has 9 heteroatoms. The van der Waals surface area contributed by atoms with Crippen LogP contribution >= 0.6 is 35.0 Å². The molecule has 0 radical (unpaired) electrons. The Morgan fingerprint density at radius 3 is 2.24 bits per heavy atom. The smallest absolute Gasteiger partial charge is 0.272 e. The Bertz CT molecular complexity index is 1630.